The molecule has 0 saturated carbocycles. The van der Waals surface area contributed by atoms with Crippen LogP contribution in [0.5, 0.6) is 5.75 Å². The summed E-state index contributed by atoms with van der Waals surface area (Å²) in [5.41, 5.74) is 1.25. The van der Waals surface area contributed by atoms with Crippen LogP contribution in [0, 0.1) is 0 Å². The number of nitrogens with one attached hydrogen (secondary N) is 2. The van der Waals surface area contributed by atoms with E-state index >= 15 is 0 Å². The number of benzene rings is 1. The average molecular weight is 437 g/mol. The van der Waals surface area contributed by atoms with Crippen LogP contribution in [0.3, 0.4) is 0 Å². The highest BCUT2D eigenvalue weighted by Gasteiger charge is 2.16. The summed E-state index contributed by atoms with van der Waals surface area (Å²) in [6, 6.07) is 4.90. The van der Waals surface area contributed by atoms with Gasteiger partial charge in [0.1, 0.15) is 11.3 Å². The monoisotopic (exact) mass is 436 g/mol. The van der Waals surface area contributed by atoms with E-state index in [-0.39, 0.29) is 11.1 Å². The fourth-order valence-electron chi connectivity index (χ4n) is 2.92. The predicted molar refractivity (Wildman–Crippen MR) is 118 cm³/mol. The van der Waals surface area contributed by atoms with Gasteiger partial charge >= 0.3 is 5.97 Å². The first-order chi connectivity index (χ1) is 14.1. The average Bonchev–Trinajstić information content (AvgIpc) is 2.65. The molecule has 30 heavy (non-hydrogen) atoms. The zero-order valence-electron chi connectivity index (χ0n) is 17.8. The molecule has 1 heterocycles. The number of carbonyl (C=O) groups is 1. The number of aromatic amines is 1. The number of halogens is 1. The molecule has 0 spiro atoms. The van der Waals surface area contributed by atoms with E-state index in [1.807, 2.05) is 6.07 Å². The molecule has 0 fully saturated rings. The highest BCUT2D eigenvalue weighted by atomic mass is 35.5. The quantitative estimate of drug-likeness (QED) is 0.490. The number of ether oxygens (including phenoxy) is 2. The number of H-pyrrole nitrogens is 1. The van der Waals surface area contributed by atoms with E-state index in [1.165, 1.54) is 12.3 Å². The first-order valence-electron chi connectivity index (χ1n) is 9.78. The van der Waals surface area contributed by atoms with Crippen molar-refractivity contribution in [1.29, 1.82) is 0 Å². The lowest BCUT2D eigenvalue weighted by Gasteiger charge is -2.21. The van der Waals surface area contributed by atoms with Gasteiger partial charge in [-0.15, -0.1) is 0 Å². The SMILES string of the molecule is COCCCOc1cc(CCNC(C)(C)C)c(-c2cc(=O)c(C(=O)O)c[nH]2)cc1Cl. The van der Waals surface area contributed by atoms with Gasteiger partial charge in [0.15, 0.2) is 5.43 Å². The van der Waals surface area contributed by atoms with Crippen molar-refractivity contribution >= 4 is 17.6 Å². The molecule has 0 atom stereocenters. The van der Waals surface area contributed by atoms with Gasteiger partial charge < -0.3 is 24.9 Å². The molecule has 1 aromatic carbocycles. The Morgan fingerprint density at radius 3 is 2.57 bits per heavy atom. The van der Waals surface area contributed by atoms with E-state index in [9.17, 15) is 9.59 Å². The normalized spacial score (nSPS) is 11.5. The van der Waals surface area contributed by atoms with Crippen molar-refractivity contribution in [2.24, 2.45) is 0 Å². The zero-order valence-corrected chi connectivity index (χ0v) is 18.6. The molecule has 0 unspecified atom stereocenters. The molecule has 0 aliphatic carbocycles. The fourth-order valence-corrected chi connectivity index (χ4v) is 3.13. The van der Waals surface area contributed by atoms with Crippen LogP contribution in [-0.4, -0.2) is 48.5 Å². The number of hydrogen-bond acceptors (Lipinski definition) is 5. The van der Waals surface area contributed by atoms with Gasteiger partial charge in [0.25, 0.3) is 0 Å². The van der Waals surface area contributed by atoms with Crippen LogP contribution >= 0.6 is 11.6 Å². The summed E-state index contributed by atoms with van der Waals surface area (Å²) in [6.07, 6.45) is 2.61. The number of carboxylic acids is 1. The minimum atomic E-state index is -1.27. The molecule has 0 bridgehead atoms. The number of rotatable bonds is 10. The molecule has 164 valence electrons. The Labute approximate surface area is 181 Å². The number of aromatic carboxylic acids is 1. The smallest absolute Gasteiger partial charge is 0.341 e. The third kappa shape index (κ3) is 6.86. The minimum Gasteiger partial charge on any atom is -0.492 e. The number of methoxy groups -OCH3 is 1. The van der Waals surface area contributed by atoms with Crippen LogP contribution in [-0.2, 0) is 11.2 Å². The summed E-state index contributed by atoms with van der Waals surface area (Å²) in [4.78, 5) is 26.2. The molecule has 3 N–H and O–H groups in total. The minimum absolute atomic E-state index is 0.0382. The van der Waals surface area contributed by atoms with Crippen molar-refractivity contribution in [3.8, 4) is 17.0 Å². The Morgan fingerprint density at radius 2 is 1.97 bits per heavy atom. The molecule has 0 aliphatic rings. The van der Waals surface area contributed by atoms with Crippen LogP contribution in [0.15, 0.2) is 29.2 Å². The summed E-state index contributed by atoms with van der Waals surface area (Å²) < 4.78 is 10.8. The molecule has 0 amide bonds. The maximum Gasteiger partial charge on any atom is 0.341 e. The Hall–Kier alpha value is -2.35. The summed E-state index contributed by atoms with van der Waals surface area (Å²) in [6.45, 7) is 8.03. The predicted octanol–water partition coefficient (Wildman–Crippen LogP) is 3.74. The molecule has 2 aromatic rings. The molecule has 0 radical (unpaired) electrons. The van der Waals surface area contributed by atoms with Gasteiger partial charge in [-0.2, -0.15) is 0 Å². The third-order valence-corrected chi connectivity index (χ3v) is 4.69. The highest BCUT2D eigenvalue weighted by Crippen LogP contribution is 2.33. The summed E-state index contributed by atoms with van der Waals surface area (Å²) in [7, 11) is 1.64. The highest BCUT2D eigenvalue weighted by molar-refractivity contribution is 6.32. The van der Waals surface area contributed by atoms with Gasteiger partial charge in [-0.25, -0.2) is 4.79 Å². The topological polar surface area (TPSA) is 101 Å². The second-order valence-corrected chi connectivity index (χ2v) is 8.40. The van der Waals surface area contributed by atoms with Crippen LogP contribution in [0.1, 0.15) is 43.1 Å². The third-order valence-electron chi connectivity index (χ3n) is 4.39. The molecular weight excluding hydrogens is 408 g/mol. The van der Waals surface area contributed by atoms with Gasteiger partial charge in [0.2, 0.25) is 0 Å². The number of pyridine rings is 1. The number of hydrogen-bond donors (Lipinski definition) is 3. The van der Waals surface area contributed by atoms with Crippen LogP contribution < -0.4 is 15.5 Å². The van der Waals surface area contributed by atoms with Crippen molar-refractivity contribution in [2.45, 2.75) is 39.2 Å². The van der Waals surface area contributed by atoms with Crippen LogP contribution in [0.25, 0.3) is 11.3 Å². The Morgan fingerprint density at radius 1 is 1.23 bits per heavy atom. The second-order valence-electron chi connectivity index (χ2n) is 7.99. The summed E-state index contributed by atoms with van der Waals surface area (Å²) >= 11 is 6.43. The van der Waals surface area contributed by atoms with Gasteiger partial charge in [0, 0.05) is 49.2 Å². The lowest BCUT2D eigenvalue weighted by atomic mass is 9.99. The van der Waals surface area contributed by atoms with Crippen molar-refractivity contribution in [3.05, 3.63) is 50.8 Å². The van der Waals surface area contributed by atoms with Crippen molar-refractivity contribution in [3.63, 3.8) is 0 Å². The molecule has 1 aromatic heterocycles. The molecule has 7 nitrogen and oxygen atoms in total. The maximum atomic E-state index is 12.2. The van der Waals surface area contributed by atoms with E-state index in [1.54, 1.807) is 13.2 Å². The first-order valence-corrected chi connectivity index (χ1v) is 10.2. The van der Waals surface area contributed by atoms with Gasteiger partial charge in [0.05, 0.1) is 11.6 Å². The Balaban J connectivity index is 2.38. The zero-order chi connectivity index (χ0) is 22.3. The van der Waals surface area contributed by atoms with E-state index in [0.717, 1.165) is 17.5 Å². The fraction of sp³-hybridized carbons (Fsp3) is 0.455. The lowest BCUT2D eigenvalue weighted by Crippen LogP contribution is -2.37. The summed E-state index contributed by atoms with van der Waals surface area (Å²) in [5, 5.41) is 13.0. The molecule has 2 rings (SSSR count). The molecule has 0 aliphatic heterocycles. The van der Waals surface area contributed by atoms with Crippen molar-refractivity contribution in [1.82, 2.24) is 10.3 Å². The van der Waals surface area contributed by atoms with Gasteiger partial charge in [-0.1, -0.05) is 11.6 Å². The van der Waals surface area contributed by atoms with Crippen LogP contribution in [0.2, 0.25) is 5.02 Å². The molecule has 8 heteroatoms. The lowest BCUT2D eigenvalue weighted by molar-refractivity contribution is 0.0695. The Bertz CT molecular complexity index is 934. The summed E-state index contributed by atoms with van der Waals surface area (Å²) in [5.74, 6) is -0.706. The number of aromatic nitrogens is 1. The van der Waals surface area contributed by atoms with Gasteiger partial charge in [-0.05, 0) is 51.4 Å². The Kier molecular flexibility index (Phi) is 8.46. The van der Waals surface area contributed by atoms with Crippen LogP contribution in [0.4, 0.5) is 0 Å². The van der Waals surface area contributed by atoms with Crippen molar-refractivity contribution in [2.75, 3.05) is 26.9 Å². The first kappa shape index (κ1) is 23.9. The van der Waals surface area contributed by atoms with E-state index in [2.05, 4.69) is 31.1 Å². The second kappa shape index (κ2) is 10.6. The van der Waals surface area contributed by atoms with Crippen molar-refractivity contribution < 1.29 is 19.4 Å². The largest absolute Gasteiger partial charge is 0.492 e. The standard InChI is InChI=1S/C22H29ClN2O5/c1-22(2,3)25-7-6-14-10-20(30-9-5-8-29-4)17(23)11-15(14)18-12-19(26)16(13-24-18)21(27)28/h10-13,25H,5-9H2,1-4H3,(H,24,26)(H,27,28). The van der Waals surface area contributed by atoms with E-state index in [0.29, 0.717) is 42.6 Å². The maximum absolute atomic E-state index is 12.2. The number of carboxylic acid groups (broad SMARTS) is 1. The van der Waals surface area contributed by atoms with E-state index in [4.69, 9.17) is 26.2 Å². The molecule has 0 saturated heterocycles. The van der Waals surface area contributed by atoms with Gasteiger partial charge in [-0.3, -0.25) is 4.79 Å². The van der Waals surface area contributed by atoms with E-state index < -0.39 is 11.4 Å². The molecular formula is C22H29ClN2O5.